The van der Waals surface area contributed by atoms with Gasteiger partial charge < -0.3 is 5.11 Å². The predicted octanol–water partition coefficient (Wildman–Crippen LogP) is 0.782. The molecule has 5 heteroatoms. The average Bonchev–Trinajstić information content (AvgIpc) is 1.85. The van der Waals surface area contributed by atoms with E-state index in [-0.39, 0.29) is 17.2 Å². The molecule has 1 heterocycles. The van der Waals surface area contributed by atoms with Gasteiger partial charge in [0.2, 0.25) is 0 Å². The van der Waals surface area contributed by atoms with Crippen molar-refractivity contribution in [2.75, 3.05) is 6.54 Å². The van der Waals surface area contributed by atoms with Gasteiger partial charge in [-0.05, 0) is 6.08 Å². The van der Waals surface area contributed by atoms with Gasteiger partial charge >= 0.3 is 5.97 Å². The first-order valence-corrected chi connectivity index (χ1v) is 3.24. The Morgan fingerprint density at radius 2 is 2.36 bits per heavy atom. The molecule has 1 aliphatic rings. The van der Waals surface area contributed by atoms with Gasteiger partial charge in [-0.1, -0.05) is 11.6 Å². The zero-order chi connectivity index (χ0) is 8.43. The van der Waals surface area contributed by atoms with Crippen molar-refractivity contribution >= 4 is 17.6 Å². The molecule has 1 rings (SSSR count). The Hall–Kier alpha value is -1.00. The lowest BCUT2D eigenvalue weighted by atomic mass is 10.2. The van der Waals surface area contributed by atoms with E-state index >= 15 is 0 Å². The first-order valence-electron chi connectivity index (χ1n) is 2.86. The maximum atomic E-state index is 10.4. The fraction of sp³-hybridized carbons (Fsp3) is 0.167. The summed E-state index contributed by atoms with van der Waals surface area (Å²) in [6.45, 7) is -0.0362. The Labute approximate surface area is 67.9 Å². The van der Waals surface area contributed by atoms with Crippen LogP contribution in [0.5, 0.6) is 0 Å². The van der Waals surface area contributed by atoms with E-state index in [1.54, 1.807) is 0 Å². The second-order valence-corrected chi connectivity index (χ2v) is 2.52. The van der Waals surface area contributed by atoms with Crippen LogP contribution in [-0.4, -0.2) is 27.9 Å². The Kier molecular flexibility index (Phi) is 2.16. The Morgan fingerprint density at radius 1 is 1.73 bits per heavy atom. The smallest absolute Gasteiger partial charge is 0.333 e. The summed E-state index contributed by atoms with van der Waals surface area (Å²) in [6, 6.07) is 0. The lowest BCUT2D eigenvalue weighted by Crippen LogP contribution is -2.22. The minimum absolute atomic E-state index is 0.0362. The third-order valence-electron chi connectivity index (χ3n) is 1.19. The normalized spacial score (nSPS) is 17.5. The molecule has 0 amide bonds. The Bertz CT molecular complexity index is 246. The van der Waals surface area contributed by atoms with E-state index in [9.17, 15) is 4.79 Å². The van der Waals surface area contributed by atoms with Crippen molar-refractivity contribution in [3.8, 4) is 0 Å². The molecule has 0 bridgehead atoms. The fourth-order valence-corrected chi connectivity index (χ4v) is 0.986. The van der Waals surface area contributed by atoms with Crippen LogP contribution in [0.1, 0.15) is 0 Å². The molecule has 0 aliphatic carbocycles. The maximum Gasteiger partial charge on any atom is 0.333 e. The Balaban J connectivity index is 2.84. The molecule has 0 spiro atoms. The van der Waals surface area contributed by atoms with Crippen LogP contribution in [-0.2, 0) is 4.79 Å². The van der Waals surface area contributed by atoms with Gasteiger partial charge in [0, 0.05) is 6.20 Å². The van der Waals surface area contributed by atoms with Crippen LogP contribution in [0.2, 0.25) is 0 Å². The summed E-state index contributed by atoms with van der Waals surface area (Å²) < 4.78 is 0. The molecule has 1 aliphatic heterocycles. The molecule has 0 aromatic rings. The summed E-state index contributed by atoms with van der Waals surface area (Å²) in [5.74, 6) is -1.07. The summed E-state index contributed by atoms with van der Waals surface area (Å²) >= 11 is 5.47. The molecular formula is C6H6ClNO3. The maximum absolute atomic E-state index is 10.4. The van der Waals surface area contributed by atoms with Crippen LogP contribution >= 0.6 is 11.6 Å². The summed E-state index contributed by atoms with van der Waals surface area (Å²) in [4.78, 5) is 10.4. The van der Waals surface area contributed by atoms with Gasteiger partial charge in [-0.2, -0.15) is 0 Å². The molecule has 0 fully saturated rings. The Morgan fingerprint density at radius 3 is 2.82 bits per heavy atom. The third kappa shape index (κ3) is 1.96. The first kappa shape index (κ1) is 8.10. The summed E-state index contributed by atoms with van der Waals surface area (Å²) in [7, 11) is 0. The standard InChI is InChI=1S/C6H6ClNO3/c7-5-1-4(6(9)10)2-8(11)3-5/h1,3,11H,2H2,(H,9,10). The monoisotopic (exact) mass is 175 g/mol. The molecule has 60 valence electrons. The lowest BCUT2D eigenvalue weighted by Gasteiger charge is -2.16. The van der Waals surface area contributed by atoms with E-state index in [0.717, 1.165) is 5.06 Å². The van der Waals surface area contributed by atoms with Gasteiger partial charge in [0.1, 0.15) is 0 Å². The first-order chi connectivity index (χ1) is 5.09. The number of allylic oxidation sites excluding steroid dienone is 2. The fourth-order valence-electron chi connectivity index (χ4n) is 0.741. The number of hydroxylamine groups is 2. The molecule has 0 unspecified atom stereocenters. The summed E-state index contributed by atoms with van der Waals surface area (Å²) in [5.41, 5.74) is 0.0694. The number of rotatable bonds is 1. The zero-order valence-corrected chi connectivity index (χ0v) is 6.25. The highest BCUT2D eigenvalue weighted by Crippen LogP contribution is 2.14. The number of carboxylic acids is 1. The highest BCUT2D eigenvalue weighted by atomic mass is 35.5. The van der Waals surface area contributed by atoms with Crippen molar-refractivity contribution in [2.45, 2.75) is 0 Å². The van der Waals surface area contributed by atoms with Crippen molar-refractivity contribution in [3.63, 3.8) is 0 Å². The largest absolute Gasteiger partial charge is 0.478 e. The molecule has 0 saturated heterocycles. The van der Waals surface area contributed by atoms with Gasteiger partial charge in [0.15, 0.2) is 0 Å². The van der Waals surface area contributed by atoms with E-state index < -0.39 is 5.97 Å². The predicted molar refractivity (Wildman–Crippen MR) is 38.1 cm³/mol. The van der Waals surface area contributed by atoms with Crippen LogP contribution in [0.25, 0.3) is 0 Å². The average molecular weight is 176 g/mol. The molecule has 0 aromatic heterocycles. The number of carbonyl (C=O) groups is 1. The second kappa shape index (κ2) is 2.94. The van der Waals surface area contributed by atoms with Crippen LogP contribution in [0, 0.1) is 0 Å². The van der Waals surface area contributed by atoms with E-state index in [2.05, 4.69) is 0 Å². The molecule has 0 atom stereocenters. The minimum Gasteiger partial charge on any atom is -0.478 e. The molecule has 11 heavy (non-hydrogen) atoms. The highest BCUT2D eigenvalue weighted by molar-refractivity contribution is 6.31. The highest BCUT2D eigenvalue weighted by Gasteiger charge is 2.14. The number of carboxylic acid groups (broad SMARTS) is 1. The van der Waals surface area contributed by atoms with Crippen molar-refractivity contribution in [1.82, 2.24) is 5.06 Å². The van der Waals surface area contributed by atoms with Gasteiger partial charge in [-0.15, -0.1) is 0 Å². The van der Waals surface area contributed by atoms with E-state index in [1.807, 2.05) is 0 Å². The SMILES string of the molecule is O=C(O)C1=CC(Cl)=CN(O)C1. The number of hydrogen-bond donors (Lipinski definition) is 2. The molecular weight excluding hydrogens is 170 g/mol. The van der Waals surface area contributed by atoms with Crippen molar-refractivity contribution < 1.29 is 15.1 Å². The van der Waals surface area contributed by atoms with Crippen LogP contribution in [0.3, 0.4) is 0 Å². The second-order valence-electron chi connectivity index (χ2n) is 2.09. The van der Waals surface area contributed by atoms with Gasteiger partial charge in [-0.3, -0.25) is 10.3 Å². The van der Waals surface area contributed by atoms with Crippen molar-refractivity contribution in [3.05, 3.63) is 22.9 Å². The molecule has 4 nitrogen and oxygen atoms in total. The topological polar surface area (TPSA) is 60.8 Å². The zero-order valence-electron chi connectivity index (χ0n) is 5.49. The molecule has 0 radical (unpaired) electrons. The van der Waals surface area contributed by atoms with Crippen LogP contribution in [0.15, 0.2) is 22.9 Å². The van der Waals surface area contributed by atoms with Crippen LogP contribution < -0.4 is 0 Å². The molecule has 0 saturated carbocycles. The summed E-state index contributed by atoms with van der Waals surface area (Å²) in [6.07, 6.45) is 2.55. The van der Waals surface area contributed by atoms with Crippen molar-refractivity contribution in [2.24, 2.45) is 0 Å². The van der Waals surface area contributed by atoms with E-state index in [0.29, 0.717) is 0 Å². The number of hydrogen-bond acceptors (Lipinski definition) is 3. The lowest BCUT2D eigenvalue weighted by molar-refractivity contribution is -0.134. The van der Waals surface area contributed by atoms with Gasteiger partial charge in [0.25, 0.3) is 0 Å². The van der Waals surface area contributed by atoms with Crippen molar-refractivity contribution in [1.29, 1.82) is 0 Å². The molecule has 0 aromatic carbocycles. The van der Waals surface area contributed by atoms with E-state index in [1.165, 1.54) is 12.3 Å². The molecule has 2 N–H and O–H groups in total. The third-order valence-corrected chi connectivity index (χ3v) is 1.40. The van der Waals surface area contributed by atoms with Crippen LogP contribution in [0.4, 0.5) is 0 Å². The summed E-state index contributed by atoms with van der Waals surface area (Å²) in [5, 5.41) is 18.3. The van der Waals surface area contributed by atoms with Gasteiger partial charge in [0.05, 0.1) is 17.2 Å². The van der Waals surface area contributed by atoms with E-state index in [4.69, 9.17) is 21.9 Å². The quantitative estimate of drug-likeness (QED) is 0.619. The number of aliphatic carboxylic acids is 1. The number of nitrogens with zero attached hydrogens (tertiary/aromatic N) is 1. The minimum atomic E-state index is -1.07. The van der Waals surface area contributed by atoms with Gasteiger partial charge in [-0.25, -0.2) is 4.79 Å². The number of halogens is 1.